The average molecular weight is 288 g/mol. The number of nitrogen functional groups attached to an aromatic ring is 1. The molecule has 1 aromatic carbocycles. The van der Waals surface area contributed by atoms with Gasteiger partial charge >= 0.3 is 0 Å². The van der Waals surface area contributed by atoms with Crippen LogP contribution in [-0.2, 0) is 4.79 Å². The average Bonchev–Trinajstić information content (AvgIpc) is 2.37. The zero-order valence-electron chi connectivity index (χ0n) is 10.1. The minimum absolute atomic E-state index is 0.110. The Morgan fingerprint density at radius 2 is 2.11 bits per heavy atom. The Morgan fingerprint density at radius 1 is 1.33 bits per heavy atom. The van der Waals surface area contributed by atoms with Gasteiger partial charge in [-0.2, -0.15) is 0 Å². The van der Waals surface area contributed by atoms with E-state index in [1.807, 2.05) is 12.1 Å². The molecule has 1 amide bonds. The zero-order chi connectivity index (χ0) is 13.4. The van der Waals surface area contributed by atoms with Crippen molar-refractivity contribution in [2.24, 2.45) is 5.84 Å². The Bertz CT molecular complexity index is 401. The molecule has 18 heavy (non-hydrogen) atoms. The number of nitrogens with one attached hydrogen (secondary N) is 1. The smallest absolute Gasteiger partial charge is 0.233 e. The van der Waals surface area contributed by atoms with Gasteiger partial charge in [0.1, 0.15) is 0 Å². The number of anilines is 1. The van der Waals surface area contributed by atoms with Crippen LogP contribution in [0.4, 0.5) is 5.69 Å². The van der Waals surface area contributed by atoms with Crippen molar-refractivity contribution in [1.29, 1.82) is 0 Å². The number of hydrogen-bond acceptors (Lipinski definition) is 4. The van der Waals surface area contributed by atoms with Crippen LogP contribution in [0, 0.1) is 0 Å². The molecule has 0 atom stereocenters. The molecule has 0 aliphatic heterocycles. The molecule has 0 fully saturated rings. The van der Waals surface area contributed by atoms with Crippen LogP contribution in [0.25, 0.3) is 0 Å². The topological polar surface area (TPSA) is 81.1 Å². The number of nitrogens with two attached hydrogens (primary N) is 2. The first-order valence-electron chi connectivity index (χ1n) is 5.80. The van der Waals surface area contributed by atoms with Crippen LogP contribution in [-0.4, -0.2) is 11.7 Å². The summed E-state index contributed by atoms with van der Waals surface area (Å²) in [4.78, 5) is 11.9. The lowest BCUT2D eigenvalue weighted by atomic mass is 10.2. The summed E-state index contributed by atoms with van der Waals surface area (Å²) in [6.07, 6.45) is 3.38. The first-order valence-corrected chi connectivity index (χ1v) is 7.17. The lowest BCUT2D eigenvalue weighted by Gasteiger charge is -2.05. The highest BCUT2D eigenvalue weighted by molar-refractivity contribution is 7.99. The molecule has 0 saturated heterocycles. The van der Waals surface area contributed by atoms with Crippen LogP contribution in [0.15, 0.2) is 23.1 Å². The van der Waals surface area contributed by atoms with Crippen molar-refractivity contribution in [3.05, 3.63) is 23.2 Å². The quantitative estimate of drug-likeness (QED) is 0.180. The van der Waals surface area contributed by atoms with E-state index < -0.39 is 0 Å². The summed E-state index contributed by atoms with van der Waals surface area (Å²) in [5, 5.41) is 0.733. The summed E-state index contributed by atoms with van der Waals surface area (Å²) in [5.41, 5.74) is 8.54. The molecule has 0 bridgehead atoms. The molecule has 0 heterocycles. The van der Waals surface area contributed by atoms with E-state index in [-0.39, 0.29) is 5.91 Å². The van der Waals surface area contributed by atoms with Gasteiger partial charge in [-0.25, -0.2) is 5.84 Å². The lowest BCUT2D eigenvalue weighted by Crippen LogP contribution is -2.29. The normalized spacial score (nSPS) is 10.3. The fraction of sp³-hybridized carbons (Fsp3) is 0.417. The molecule has 0 aliphatic carbocycles. The number of carbonyl (C=O) groups is 1. The second kappa shape index (κ2) is 8.24. The number of benzene rings is 1. The summed E-state index contributed by atoms with van der Waals surface area (Å²) in [6.45, 7) is 0. The SMILES string of the molecule is NNC(=O)CCCCCSc1cc(N)ccc1Cl. The third kappa shape index (κ3) is 5.62. The van der Waals surface area contributed by atoms with E-state index in [0.29, 0.717) is 6.42 Å². The minimum atomic E-state index is -0.110. The largest absolute Gasteiger partial charge is 0.399 e. The van der Waals surface area contributed by atoms with Gasteiger partial charge in [0.05, 0.1) is 5.02 Å². The molecule has 0 saturated carbocycles. The van der Waals surface area contributed by atoms with Crippen LogP contribution in [0.5, 0.6) is 0 Å². The van der Waals surface area contributed by atoms with Gasteiger partial charge in [-0.05, 0) is 36.8 Å². The Kier molecular flexibility index (Phi) is 6.93. The highest BCUT2D eigenvalue weighted by Crippen LogP contribution is 2.29. The lowest BCUT2D eigenvalue weighted by molar-refractivity contribution is -0.121. The molecule has 6 heteroatoms. The van der Waals surface area contributed by atoms with E-state index in [1.165, 1.54) is 0 Å². The summed E-state index contributed by atoms with van der Waals surface area (Å²) in [5.74, 6) is 5.85. The van der Waals surface area contributed by atoms with Gasteiger partial charge in [0, 0.05) is 17.0 Å². The number of carbonyl (C=O) groups excluding carboxylic acids is 1. The molecular weight excluding hydrogens is 270 g/mol. The van der Waals surface area contributed by atoms with Crippen molar-refractivity contribution in [3.8, 4) is 0 Å². The van der Waals surface area contributed by atoms with Crippen molar-refractivity contribution in [2.75, 3.05) is 11.5 Å². The van der Waals surface area contributed by atoms with Crippen LogP contribution in [0.3, 0.4) is 0 Å². The third-order valence-corrected chi connectivity index (χ3v) is 4.01. The van der Waals surface area contributed by atoms with Gasteiger partial charge in [-0.15, -0.1) is 11.8 Å². The fourth-order valence-corrected chi connectivity index (χ4v) is 2.72. The van der Waals surface area contributed by atoms with Crippen molar-refractivity contribution < 1.29 is 4.79 Å². The number of unbranched alkanes of at least 4 members (excludes halogenated alkanes) is 2. The molecule has 100 valence electrons. The molecular formula is C12H18ClN3OS. The Morgan fingerprint density at radius 3 is 2.83 bits per heavy atom. The fourth-order valence-electron chi connectivity index (χ4n) is 1.45. The zero-order valence-corrected chi connectivity index (χ0v) is 11.7. The van der Waals surface area contributed by atoms with Gasteiger partial charge in [-0.3, -0.25) is 10.2 Å². The summed E-state index contributed by atoms with van der Waals surface area (Å²) < 4.78 is 0. The Labute approximate surface area is 116 Å². The third-order valence-electron chi connectivity index (χ3n) is 2.42. The van der Waals surface area contributed by atoms with Crippen molar-refractivity contribution in [2.45, 2.75) is 30.6 Å². The maximum absolute atomic E-state index is 10.9. The van der Waals surface area contributed by atoms with E-state index in [4.69, 9.17) is 23.2 Å². The number of hydrogen-bond donors (Lipinski definition) is 3. The molecule has 0 spiro atoms. The molecule has 0 aliphatic rings. The predicted octanol–water partition coefficient (Wildman–Crippen LogP) is 2.56. The van der Waals surface area contributed by atoms with Crippen molar-refractivity contribution in [1.82, 2.24) is 5.43 Å². The molecule has 0 aromatic heterocycles. The molecule has 5 N–H and O–H groups in total. The van der Waals surface area contributed by atoms with E-state index in [1.54, 1.807) is 17.8 Å². The number of rotatable bonds is 7. The Hall–Kier alpha value is -0.910. The van der Waals surface area contributed by atoms with Crippen molar-refractivity contribution in [3.63, 3.8) is 0 Å². The summed E-state index contributed by atoms with van der Waals surface area (Å²) in [6, 6.07) is 5.48. The van der Waals surface area contributed by atoms with Crippen LogP contribution in [0.2, 0.25) is 5.02 Å². The van der Waals surface area contributed by atoms with Crippen LogP contribution in [0.1, 0.15) is 25.7 Å². The van der Waals surface area contributed by atoms with E-state index in [2.05, 4.69) is 5.43 Å². The van der Waals surface area contributed by atoms with Gasteiger partial charge < -0.3 is 5.73 Å². The standard InChI is InChI=1S/C12H18ClN3OS/c13-10-6-5-9(14)8-11(10)18-7-3-1-2-4-12(17)16-15/h5-6,8H,1-4,7,14-15H2,(H,16,17). The van der Waals surface area contributed by atoms with Gasteiger partial charge in [0.25, 0.3) is 0 Å². The second-order valence-corrected chi connectivity index (χ2v) is 5.46. The molecule has 4 nitrogen and oxygen atoms in total. The maximum atomic E-state index is 10.9. The maximum Gasteiger partial charge on any atom is 0.233 e. The highest BCUT2D eigenvalue weighted by Gasteiger charge is 2.02. The van der Waals surface area contributed by atoms with E-state index in [9.17, 15) is 4.79 Å². The van der Waals surface area contributed by atoms with Gasteiger partial charge in [0.15, 0.2) is 0 Å². The number of halogens is 1. The molecule has 0 radical (unpaired) electrons. The monoisotopic (exact) mass is 287 g/mol. The highest BCUT2D eigenvalue weighted by atomic mass is 35.5. The van der Waals surface area contributed by atoms with Gasteiger partial charge in [0.2, 0.25) is 5.91 Å². The van der Waals surface area contributed by atoms with Crippen molar-refractivity contribution >= 4 is 35.0 Å². The second-order valence-electron chi connectivity index (χ2n) is 3.92. The molecule has 1 rings (SSSR count). The first-order chi connectivity index (χ1) is 8.63. The predicted molar refractivity (Wildman–Crippen MR) is 77.4 cm³/mol. The molecule has 0 unspecified atom stereocenters. The number of hydrazine groups is 1. The van der Waals surface area contributed by atoms with E-state index in [0.717, 1.165) is 40.6 Å². The minimum Gasteiger partial charge on any atom is -0.399 e. The van der Waals surface area contributed by atoms with E-state index >= 15 is 0 Å². The van der Waals surface area contributed by atoms with Crippen LogP contribution >= 0.6 is 23.4 Å². The summed E-state index contributed by atoms with van der Waals surface area (Å²) >= 11 is 7.74. The molecule has 1 aromatic rings. The van der Waals surface area contributed by atoms with Crippen LogP contribution < -0.4 is 17.0 Å². The first kappa shape index (κ1) is 15.1. The summed E-state index contributed by atoms with van der Waals surface area (Å²) in [7, 11) is 0. The van der Waals surface area contributed by atoms with Gasteiger partial charge in [-0.1, -0.05) is 18.0 Å². The number of amides is 1. The number of thioether (sulfide) groups is 1. The Balaban J connectivity index is 2.18.